The molecule has 0 saturated heterocycles. The number of aliphatic carboxylic acids is 2. The van der Waals surface area contributed by atoms with Crippen molar-refractivity contribution in [1.29, 1.82) is 0 Å². The van der Waals surface area contributed by atoms with Crippen LogP contribution in [0.25, 0.3) is 12.2 Å². The van der Waals surface area contributed by atoms with E-state index in [9.17, 15) is 68.3 Å². The molecule has 0 spiro atoms. The van der Waals surface area contributed by atoms with E-state index in [0.717, 1.165) is 24.3 Å². The molecule has 36 heteroatoms. The Morgan fingerprint density at radius 3 is 1.25 bits per heavy atom. The van der Waals surface area contributed by atoms with E-state index in [0.29, 0.717) is 11.4 Å². The maximum Gasteiger partial charge on any atom is 1.00 e. The Bertz CT molecular complexity index is 4140. The summed E-state index contributed by atoms with van der Waals surface area (Å²) in [6.45, 7) is -0.947. The second kappa shape index (κ2) is 31.0. The summed E-state index contributed by atoms with van der Waals surface area (Å²) in [5.41, 5.74) is 16.2. The molecule has 9 N–H and O–H groups in total. The summed E-state index contributed by atoms with van der Waals surface area (Å²) in [4.78, 5) is 46.2. The summed E-state index contributed by atoms with van der Waals surface area (Å²) < 4.78 is 112. The molecule has 6 aromatic rings. The molecule has 28 nitrogen and oxygen atoms in total. The van der Waals surface area contributed by atoms with Crippen LogP contribution in [0.1, 0.15) is 31.8 Å². The first kappa shape index (κ1) is 73.2. The van der Waals surface area contributed by atoms with Gasteiger partial charge in [-0.3, -0.25) is 20.4 Å². The van der Waals surface area contributed by atoms with E-state index in [-0.39, 0.29) is 227 Å². The Labute approximate surface area is 588 Å². The minimum Gasteiger partial charge on any atom is -0.744 e. The fourth-order valence-electron chi connectivity index (χ4n) is 7.36. The number of allylic oxidation sites excluding steroid dienone is 2. The summed E-state index contributed by atoms with van der Waals surface area (Å²) >= 11 is 0. The molecule has 0 atom stereocenters. The van der Waals surface area contributed by atoms with E-state index < -0.39 is 93.1 Å². The number of carbonyl (C=O) groups is 4. The quantitative estimate of drug-likeness (QED) is 0.0130. The molecule has 0 amide bonds. The van der Waals surface area contributed by atoms with E-state index in [1.54, 1.807) is 0 Å². The maximum absolute atomic E-state index is 13.8. The number of nitrogens with zero attached hydrogens (tertiary/aromatic N) is 6. The van der Waals surface area contributed by atoms with Crippen LogP contribution in [0.4, 0.5) is 68.2 Å². The van der Waals surface area contributed by atoms with Gasteiger partial charge in [-0.1, -0.05) is 12.1 Å². The Balaban J connectivity index is 0.00000370. The molecule has 2 aliphatic rings. The molecule has 404 valence electrons. The fraction of sp³-hybridized carbons (Fsp3) is 0.0417. The molecular weight excluding hydrogens is 1210 g/mol. The van der Waals surface area contributed by atoms with Crippen LogP contribution in [-0.4, -0.2) is 86.9 Å². The van der Waals surface area contributed by atoms with Crippen LogP contribution in [0.2, 0.25) is 0 Å². The zero-order chi connectivity index (χ0) is 57.0. The average Bonchev–Trinajstić information content (AvgIpc) is 2.54. The summed E-state index contributed by atoms with van der Waals surface area (Å²) in [5, 5.41) is 53.5. The van der Waals surface area contributed by atoms with Crippen molar-refractivity contribution in [3.8, 4) is 0 Å². The van der Waals surface area contributed by atoms with Crippen molar-refractivity contribution in [2.75, 3.05) is 51.4 Å². The summed E-state index contributed by atoms with van der Waals surface area (Å²) in [6.07, 6.45) is 1.85. The van der Waals surface area contributed by atoms with Gasteiger partial charge in [-0.15, -0.1) is 10.2 Å². The summed E-state index contributed by atoms with van der Waals surface area (Å²) in [5.74, 6) is -4.74. The first-order valence-corrected chi connectivity index (χ1v) is 26.4. The first-order valence-electron chi connectivity index (χ1n) is 22.2. The predicted octanol–water partition coefficient (Wildman–Crippen LogP) is -11.2. The molecule has 0 saturated carbocycles. The van der Waals surface area contributed by atoms with Gasteiger partial charge in [0.1, 0.15) is 53.2 Å². The van der Waals surface area contributed by atoms with Gasteiger partial charge in [-0.2, -0.15) is 20.4 Å². The minimum absolute atomic E-state index is 0. The van der Waals surface area contributed by atoms with Gasteiger partial charge in [0.2, 0.25) is 11.6 Å². The number of anilines is 8. The molecule has 0 fully saturated rings. The van der Waals surface area contributed by atoms with Crippen LogP contribution in [-0.2, 0) is 39.9 Å². The molecule has 0 aromatic heterocycles. The molecular formula is C48H34N13Na5O15S3. The standard InChI is InChI=1S/C48H39N13O15S3.5Na/c49-35-19-28(51-22-43(62)63)9-12-37(35)58-55-30-3-1-24-15-41(78(71,72)73)45(47(66)33(24)17-30)60-54-27-7-5-26(6-8-27)53-39-14-11-32(21-40(39)77(68,69)70)57-61-46-42(79(74,75)76)16-25-2-4-31(18-34(25)48(46)67)56-59-38-13-10-29(20-36(38)50)52-23-44(64)65;;;;;/h1-21,51-54,57H,22-23,49-50H2,(H,62,63)(H,64,65)(H,68,69,70)(H,71,72,73)(H,74,75,76);;;;;/q;5*+1/p-5/b58-55?,59-56?,60-45-,61-46+;;;;;. The van der Waals surface area contributed by atoms with E-state index in [2.05, 4.69) is 57.5 Å². The number of hydrogen-bond donors (Lipinski definition) is 7. The molecule has 6 aromatic carbocycles. The van der Waals surface area contributed by atoms with Gasteiger partial charge in [0.25, 0.3) is 0 Å². The molecule has 8 rings (SSSR count). The third-order valence-corrected chi connectivity index (χ3v) is 13.6. The van der Waals surface area contributed by atoms with Gasteiger partial charge in [0.15, 0.2) is 0 Å². The zero-order valence-electron chi connectivity index (χ0n) is 44.7. The number of ketones is 2. The monoisotopic (exact) mass is 1240 g/mol. The Hall–Kier alpha value is -5.05. The second-order valence-corrected chi connectivity index (χ2v) is 20.6. The number of nitrogens with one attached hydrogen (secondary N) is 5. The van der Waals surface area contributed by atoms with E-state index in [4.69, 9.17) is 11.5 Å². The van der Waals surface area contributed by atoms with Crippen LogP contribution in [0, 0.1) is 0 Å². The fourth-order valence-corrected chi connectivity index (χ4v) is 9.31. The van der Waals surface area contributed by atoms with Crippen molar-refractivity contribution in [2.24, 2.45) is 30.7 Å². The zero-order valence-corrected chi connectivity index (χ0v) is 57.2. The first-order chi connectivity index (χ1) is 37.3. The van der Waals surface area contributed by atoms with Crippen molar-refractivity contribution in [3.63, 3.8) is 0 Å². The topological polar surface area (TPSA) is 472 Å². The normalized spacial score (nSPS) is 13.8. The van der Waals surface area contributed by atoms with Gasteiger partial charge in [0, 0.05) is 28.2 Å². The minimum atomic E-state index is -5.37. The van der Waals surface area contributed by atoms with Crippen molar-refractivity contribution >= 4 is 146 Å². The average molecular weight is 1240 g/mol. The number of fused-ring (bicyclic) bond motifs is 2. The second-order valence-electron chi connectivity index (χ2n) is 16.5. The van der Waals surface area contributed by atoms with Crippen molar-refractivity contribution in [3.05, 3.63) is 147 Å². The number of rotatable bonds is 19. The van der Waals surface area contributed by atoms with E-state index >= 15 is 0 Å². The molecule has 0 radical (unpaired) electrons. The third kappa shape index (κ3) is 18.7. The number of carbonyl (C=O) groups excluding carboxylic acids is 4. The molecule has 0 heterocycles. The maximum atomic E-state index is 13.8. The van der Waals surface area contributed by atoms with Crippen molar-refractivity contribution in [2.45, 2.75) is 4.90 Å². The summed E-state index contributed by atoms with van der Waals surface area (Å²) in [7, 11) is -16.0. The Morgan fingerprint density at radius 2 is 0.857 bits per heavy atom. The Kier molecular flexibility index (Phi) is 27.0. The molecule has 0 bridgehead atoms. The van der Waals surface area contributed by atoms with E-state index in [1.165, 1.54) is 103 Å². The van der Waals surface area contributed by atoms with Gasteiger partial charge < -0.3 is 60.9 Å². The number of hydrazone groups is 2. The molecule has 84 heavy (non-hydrogen) atoms. The van der Waals surface area contributed by atoms with Crippen LogP contribution in [0.5, 0.6) is 0 Å². The van der Waals surface area contributed by atoms with Crippen LogP contribution in [0.3, 0.4) is 0 Å². The third-order valence-electron chi connectivity index (χ3n) is 11.1. The smallest absolute Gasteiger partial charge is 0.744 e. The van der Waals surface area contributed by atoms with Crippen LogP contribution in [0.15, 0.2) is 161 Å². The van der Waals surface area contributed by atoms with E-state index in [1.807, 2.05) is 0 Å². The summed E-state index contributed by atoms with van der Waals surface area (Å²) in [6, 6.07) is 25.0. The van der Waals surface area contributed by atoms with Crippen LogP contribution < -0.4 is 196 Å². The Morgan fingerprint density at radius 1 is 0.464 bits per heavy atom. The number of carboxylic acids is 2. The largest absolute Gasteiger partial charge is 1.00 e. The van der Waals surface area contributed by atoms with Gasteiger partial charge >= 0.3 is 148 Å². The number of Topliss-reactive ketones (excluding diaryl/α,β-unsaturated/α-hetero) is 2. The number of hydrogen-bond acceptors (Lipinski definition) is 28. The van der Waals surface area contributed by atoms with Gasteiger partial charge in [0.05, 0.1) is 79.5 Å². The number of nitrogens with two attached hydrogens (primary N) is 2. The number of azo groups is 2. The van der Waals surface area contributed by atoms with Crippen molar-refractivity contribution < 1.29 is 216 Å². The molecule has 0 unspecified atom stereocenters. The van der Waals surface area contributed by atoms with Crippen LogP contribution >= 0.6 is 0 Å². The predicted molar refractivity (Wildman–Crippen MR) is 280 cm³/mol. The van der Waals surface area contributed by atoms with Gasteiger partial charge in [-0.25, -0.2) is 25.3 Å². The SMILES string of the molecule is Nc1cc(NCC(=O)[O-])ccc1N=Nc1ccc2c(c1)C(=O)/C(=N/Nc1ccc(Nc3ccc(N/N=C4\C(=O)c5cc(N=Nc6ccc(NCC(=O)[O-])cc6N)ccc5C=C4S(=O)(=O)[O-])cc3)c(S(=O)(=O)[O-])c1)C(S(=O)(=O)[O-])=C2.[Na+].[Na+].[Na+].[Na+].[Na+]. The number of benzene rings is 6. The van der Waals surface area contributed by atoms with Gasteiger partial charge in [-0.05, 0) is 126 Å². The van der Waals surface area contributed by atoms with Crippen molar-refractivity contribution in [1.82, 2.24) is 0 Å². The number of nitrogen functional groups attached to an aromatic ring is 2. The molecule has 2 aliphatic carbocycles. The number of carboxylic acid groups (broad SMARTS) is 2. The molecule has 0 aliphatic heterocycles.